The molecule has 1 fully saturated rings. The molecule has 2 amide bonds. The third-order valence-electron chi connectivity index (χ3n) is 4.68. The Labute approximate surface area is 136 Å². The van der Waals surface area contributed by atoms with Crippen molar-refractivity contribution in [3.05, 3.63) is 42.6 Å². The van der Waals surface area contributed by atoms with Gasteiger partial charge in [-0.3, -0.25) is 4.57 Å². The summed E-state index contributed by atoms with van der Waals surface area (Å²) in [5, 5.41) is 3.04. The van der Waals surface area contributed by atoms with Crippen molar-refractivity contribution in [2.24, 2.45) is 5.92 Å². The second-order valence-corrected chi connectivity index (χ2v) is 6.17. The summed E-state index contributed by atoms with van der Waals surface area (Å²) in [6.07, 6.45) is 9.29. The van der Waals surface area contributed by atoms with Gasteiger partial charge in [0.15, 0.2) is 0 Å². The summed E-state index contributed by atoms with van der Waals surface area (Å²) in [5.74, 6) is 1.35. The zero-order chi connectivity index (χ0) is 16.2. The predicted octanol–water partition coefficient (Wildman–Crippen LogP) is 2.60. The van der Waals surface area contributed by atoms with E-state index in [0.29, 0.717) is 12.5 Å². The molecule has 2 aromatic rings. The Kier molecular flexibility index (Phi) is 4.60. The van der Waals surface area contributed by atoms with Gasteiger partial charge >= 0.3 is 6.03 Å². The predicted molar refractivity (Wildman–Crippen MR) is 88.2 cm³/mol. The van der Waals surface area contributed by atoms with Crippen LogP contribution in [-0.4, -0.2) is 38.1 Å². The van der Waals surface area contributed by atoms with Crippen LogP contribution in [0.15, 0.2) is 37.1 Å². The summed E-state index contributed by atoms with van der Waals surface area (Å²) in [7, 11) is 0. The number of urea groups is 1. The lowest BCUT2D eigenvalue weighted by atomic mass is 9.92. The van der Waals surface area contributed by atoms with E-state index in [1.807, 2.05) is 27.8 Å². The highest BCUT2D eigenvalue weighted by atomic mass is 16.2. The number of rotatable bonds is 3. The molecule has 122 valence electrons. The Morgan fingerprint density at radius 3 is 3.04 bits per heavy atom. The number of nitrogens with one attached hydrogen (secondary N) is 1. The maximum Gasteiger partial charge on any atom is 0.317 e. The van der Waals surface area contributed by atoms with E-state index in [4.69, 9.17) is 0 Å². The highest BCUT2D eigenvalue weighted by molar-refractivity contribution is 5.74. The van der Waals surface area contributed by atoms with Crippen LogP contribution in [0.5, 0.6) is 0 Å². The van der Waals surface area contributed by atoms with Gasteiger partial charge in [0.2, 0.25) is 0 Å². The van der Waals surface area contributed by atoms with Crippen LogP contribution in [-0.2, 0) is 6.54 Å². The zero-order valence-electron chi connectivity index (χ0n) is 13.6. The number of hydrogen-bond donors (Lipinski definition) is 1. The highest BCUT2D eigenvalue weighted by Crippen LogP contribution is 2.22. The highest BCUT2D eigenvalue weighted by Gasteiger charge is 2.28. The summed E-state index contributed by atoms with van der Waals surface area (Å²) in [4.78, 5) is 22.9. The molecule has 6 nitrogen and oxygen atoms in total. The fourth-order valence-electron chi connectivity index (χ4n) is 3.08. The molecule has 0 bridgehead atoms. The van der Waals surface area contributed by atoms with Crippen molar-refractivity contribution in [2.45, 2.75) is 39.3 Å². The minimum Gasteiger partial charge on any atom is -0.334 e. The van der Waals surface area contributed by atoms with Crippen molar-refractivity contribution < 1.29 is 4.79 Å². The lowest BCUT2D eigenvalue weighted by Gasteiger charge is -2.37. The number of nitrogens with zero attached hydrogens (tertiary/aromatic N) is 4. The van der Waals surface area contributed by atoms with Gasteiger partial charge < -0.3 is 10.2 Å². The number of carbonyl (C=O) groups is 1. The summed E-state index contributed by atoms with van der Waals surface area (Å²) in [6, 6.07) is 4.15. The Morgan fingerprint density at radius 2 is 2.26 bits per heavy atom. The largest absolute Gasteiger partial charge is 0.334 e. The molecule has 0 aliphatic carbocycles. The van der Waals surface area contributed by atoms with Gasteiger partial charge in [-0.25, -0.2) is 14.8 Å². The topological polar surface area (TPSA) is 63.1 Å². The molecule has 0 saturated carbocycles. The molecule has 1 aliphatic rings. The minimum absolute atomic E-state index is 0.00415. The van der Waals surface area contributed by atoms with Gasteiger partial charge in [0.25, 0.3) is 0 Å². The molecule has 1 N–H and O–H groups in total. The number of likely N-dealkylation sites (tertiary alicyclic amines) is 1. The number of aromatic nitrogens is 3. The first-order chi connectivity index (χ1) is 11.2. The quantitative estimate of drug-likeness (QED) is 0.947. The van der Waals surface area contributed by atoms with E-state index in [1.54, 1.807) is 18.7 Å². The summed E-state index contributed by atoms with van der Waals surface area (Å²) < 4.78 is 1.85. The first kappa shape index (κ1) is 15.5. The third kappa shape index (κ3) is 3.36. The van der Waals surface area contributed by atoms with Crippen LogP contribution < -0.4 is 5.32 Å². The SMILES string of the molecule is CC1CCCN(C(=O)NCc2cccnc2-n2ccnc2)C1C. The average molecular weight is 313 g/mol. The van der Waals surface area contributed by atoms with Gasteiger partial charge in [0.1, 0.15) is 12.1 Å². The molecule has 1 saturated heterocycles. The van der Waals surface area contributed by atoms with Crippen LogP contribution in [0.4, 0.5) is 4.79 Å². The van der Waals surface area contributed by atoms with Crippen molar-refractivity contribution in [2.75, 3.05) is 6.54 Å². The molecule has 1 aliphatic heterocycles. The first-order valence-electron chi connectivity index (χ1n) is 8.13. The molecule has 2 unspecified atom stereocenters. The standard InChI is InChI=1S/C17H23N5O/c1-13-5-4-9-22(14(13)2)17(23)20-11-15-6-3-7-19-16(15)21-10-8-18-12-21/h3,6-8,10,12-14H,4-5,9,11H2,1-2H3,(H,20,23). The molecular weight excluding hydrogens is 290 g/mol. The average Bonchev–Trinajstić information content (AvgIpc) is 3.10. The second kappa shape index (κ2) is 6.81. The second-order valence-electron chi connectivity index (χ2n) is 6.17. The molecule has 3 heterocycles. The normalized spacial score (nSPS) is 21.2. The number of piperidine rings is 1. The van der Waals surface area contributed by atoms with Gasteiger partial charge in [0.05, 0.1) is 0 Å². The molecule has 2 aromatic heterocycles. The number of amides is 2. The molecule has 2 atom stereocenters. The van der Waals surface area contributed by atoms with E-state index in [2.05, 4.69) is 29.1 Å². The number of pyridine rings is 1. The molecular formula is C17H23N5O. The Balaban J connectivity index is 1.68. The minimum atomic E-state index is 0.00415. The maximum absolute atomic E-state index is 12.5. The monoisotopic (exact) mass is 313 g/mol. The van der Waals surface area contributed by atoms with Crippen molar-refractivity contribution in [1.29, 1.82) is 0 Å². The van der Waals surface area contributed by atoms with Crippen molar-refractivity contribution in [3.63, 3.8) is 0 Å². The van der Waals surface area contributed by atoms with Crippen molar-refractivity contribution >= 4 is 6.03 Å². The zero-order valence-corrected chi connectivity index (χ0v) is 13.6. The van der Waals surface area contributed by atoms with Gasteiger partial charge in [-0.15, -0.1) is 0 Å². The number of imidazole rings is 1. The van der Waals surface area contributed by atoms with E-state index in [1.165, 1.54) is 6.42 Å². The Bertz CT molecular complexity index is 655. The van der Waals surface area contributed by atoms with Crippen molar-refractivity contribution in [1.82, 2.24) is 24.8 Å². The first-order valence-corrected chi connectivity index (χ1v) is 8.13. The van der Waals surface area contributed by atoms with Gasteiger partial charge in [-0.2, -0.15) is 0 Å². The molecule has 23 heavy (non-hydrogen) atoms. The molecule has 3 rings (SSSR count). The van der Waals surface area contributed by atoms with Crippen LogP contribution in [0.1, 0.15) is 32.3 Å². The lowest BCUT2D eigenvalue weighted by Crippen LogP contribution is -2.50. The van der Waals surface area contributed by atoms with Crippen LogP contribution in [0, 0.1) is 5.92 Å². The number of hydrogen-bond acceptors (Lipinski definition) is 3. The Morgan fingerprint density at radius 1 is 1.39 bits per heavy atom. The molecule has 6 heteroatoms. The fraction of sp³-hybridized carbons (Fsp3) is 0.471. The number of carbonyl (C=O) groups excluding carboxylic acids is 1. The summed E-state index contributed by atoms with van der Waals surface area (Å²) >= 11 is 0. The van der Waals surface area contributed by atoms with Crippen LogP contribution in [0.25, 0.3) is 5.82 Å². The Hall–Kier alpha value is -2.37. The third-order valence-corrected chi connectivity index (χ3v) is 4.68. The van der Waals surface area contributed by atoms with Gasteiger partial charge in [-0.1, -0.05) is 13.0 Å². The van der Waals surface area contributed by atoms with Gasteiger partial charge in [-0.05, 0) is 31.7 Å². The summed E-state index contributed by atoms with van der Waals surface area (Å²) in [6.45, 7) is 5.63. The smallest absolute Gasteiger partial charge is 0.317 e. The van der Waals surface area contributed by atoms with Gasteiger partial charge in [0, 0.05) is 43.3 Å². The maximum atomic E-state index is 12.5. The van der Waals surface area contributed by atoms with Crippen LogP contribution >= 0.6 is 0 Å². The molecule has 0 aromatic carbocycles. The van der Waals surface area contributed by atoms with Crippen LogP contribution in [0.2, 0.25) is 0 Å². The van der Waals surface area contributed by atoms with E-state index < -0.39 is 0 Å². The van der Waals surface area contributed by atoms with E-state index in [0.717, 1.165) is 24.3 Å². The lowest BCUT2D eigenvalue weighted by molar-refractivity contribution is 0.128. The van der Waals surface area contributed by atoms with E-state index in [-0.39, 0.29) is 12.1 Å². The molecule has 0 spiro atoms. The molecule has 0 radical (unpaired) electrons. The summed E-state index contributed by atoms with van der Waals surface area (Å²) in [5.41, 5.74) is 0.969. The van der Waals surface area contributed by atoms with E-state index in [9.17, 15) is 4.79 Å². The van der Waals surface area contributed by atoms with E-state index >= 15 is 0 Å². The fourth-order valence-corrected chi connectivity index (χ4v) is 3.08. The van der Waals surface area contributed by atoms with Crippen molar-refractivity contribution in [3.8, 4) is 5.82 Å². The van der Waals surface area contributed by atoms with Crippen LogP contribution in [0.3, 0.4) is 0 Å².